The largest absolute Gasteiger partial charge is 0.394 e. The highest BCUT2D eigenvalue weighted by molar-refractivity contribution is 7.07. The Hall–Kier alpha value is -1.49. The molecule has 0 aliphatic rings. The second-order valence-electron chi connectivity index (χ2n) is 3.99. The maximum absolute atomic E-state index is 6.03. The summed E-state index contributed by atoms with van der Waals surface area (Å²) in [6.07, 6.45) is 1.88. The molecule has 0 fully saturated rings. The Morgan fingerprint density at radius 1 is 1.53 bits per heavy atom. The molecule has 0 unspecified atom stereocenters. The van der Waals surface area contributed by atoms with Gasteiger partial charge in [0.05, 0.1) is 11.4 Å². The summed E-state index contributed by atoms with van der Waals surface area (Å²) >= 11 is 1.73. The Kier molecular flexibility index (Phi) is 3.68. The van der Waals surface area contributed by atoms with E-state index in [1.807, 2.05) is 11.7 Å². The molecular weight excluding hydrogens is 232 g/mol. The number of nitrogens with zero attached hydrogens (tertiary/aromatic N) is 2. The minimum absolute atomic E-state index is 0.778. The van der Waals surface area contributed by atoms with E-state index in [2.05, 4.69) is 34.2 Å². The van der Waals surface area contributed by atoms with Gasteiger partial charge in [-0.15, -0.1) is 0 Å². The summed E-state index contributed by atoms with van der Waals surface area (Å²) in [6, 6.07) is 2.15. The molecule has 2 aromatic heterocycles. The van der Waals surface area contributed by atoms with E-state index in [4.69, 9.17) is 5.73 Å². The molecule has 0 saturated heterocycles. The molecule has 5 heteroatoms. The zero-order chi connectivity index (χ0) is 12.3. The van der Waals surface area contributed by atoms with Crippen LogP contribution in [0.15, 0.2) is 16.8 Å². The lowest BCUT2D eigenvalue weighted by molar-refractivity contribution is 0.747. The molecular formula is C12H18N4S. The van der Waals surface area contributed by atoms with Crippen LogP contribution in [0.2, 0.25) is 0 Å². The van der Waals surface area contributed by atoms with Crippen LogP contribution in [0.3, 0.4) is 0 Å². The molecule has 0 aliphatic heterocycles. The fourth-order valence-corrected chi connectivity index (χ4v) is 2.53. The average molecular weight is 250 g/mol. The van der Waals surface area contributed by atoms with Gasteiger partial charge in [0, 0.05) is 13.6 Å². The van der Waals surface area contributed by atoms with Crippen molar-refractivity contribution in [1.82, 2.24) is 9.78 Å². The van der Waals surface area contributed by atoms with Crippen molar-refractivity contribution in [1.29, 1.82) is 0 Å². The number of nitrogen functional groups attached to an aromatic ring is 1. The van der Waals surface area contributed by atoms with Gasteiger partial charge in [0.25, 0.3) is 0 Å². The summed E-state index contributed by atoms with van der Waals surface area (Å²) in [6.45, 7) is 2.94. The number of hydrogen-bond donors (Lipinski definition) is 2. The predicted molar refractivity (Wildman–Crippen MR) is 73.5 cm³/mol. The Labute approximate surface area is 105 Å². The van der Waals surface area contributed by atoms with Crippen molar-refractivity contribution >= 4 is 22.8 Å². The van der Waals surface area contributed by atoms with Gasteiger partial charge >= 0.3 is 0 Å². The van der Waals surface area contributed by atoms with Gasteiger partial charge in [-0.2, -0.15) is 16.4 Å². The van der Waals surface area contributed by atoms with Crippen molar-refractivity contribution in [2.75, 3.05) is 17.6 Å². The third-order valence-corrected chi connectivity index (χ3v) is 3.51. The lowest BCUT2D eigenvalue weighted by Gasteiger charge is -2.06. The lowest BCUT2D eigenvalue weighted by Crippen LogP contribution is -2.09. The van der Waals surface area contributed by atoms with Crippen LogP contribution in [-0.2, 0) is 19.9 Å². The van der Waals surface area contributed by atoms with Crippen molar-refractivity contribution in [2.45, 2.75) is 19.8 Å². The lowest BCUT2D eigenvalue weighted by atomic mass is 10.2. The van der Waals surface area contributed by atoms with E-state index in [9.17, 15) is 0 Å². The van der Waals surface area contributed by atoms with Crippen LogP contribution in [0.4, 0.5) is 11.5 Å². The third-order valence-electron chi connectivity index (χ3n) is 2.78. The highest BCUT2D eigenvalue weighted by Crippen LogP contribution is 2.22. The van der Waals surface area contributed by atoms with Crippen LogP contribution in [0.25, 0.3) is 0 Å². The normalized spacial score (nSPS) is 10.7. The Bertz CT molecular complexity index is 473. The van der Waals surface area contributed by atoms with Crippen LogP contribution in [0.5, 0.6) is 0 Å². The van der Waals surface area contributed by atoms with Crippen molar-refractivity contribution < 1.29 is 0 Å². The van der Waals surface area contributed by atoms with E-state index in [1.54, 1.807) is 11.3 Å². The van der Waals surface area contributed by atoms with E-state index in [-0.39, 0.29) is 0 Å². The number of nitrogens with two attached hydrogens (primary N) is 1. The Morgan fingerprint density at radius 3 is 2.94 bits per heavy atom. The molecule has 92 valence electrons. The molecule has 0 aromatic carbocycles. The smallest absolute Gasteiger partial charge is 0.147 e. The van der Waals surface area contributed by atoms with Gasteiger partial charge in [0.15, 0.2) is 0 Å². The minimum atomic E-state index is 0.778. The molecule has 2 rings (SSSR count). The van der Waals surface area contributed by atoms with Crippen molar-refractivity contribution in [3.63, 3.8) is 0 Å². The first-order valence-electron chi connectivity index (χ1n) is 5.78. The number of aryl methyl sites for hydroxylation is 2. The second-order valence-corrected chi connectivity index (χ2v) is 4.77. The average Bonchev–Trinajstić information content (AvgIpc) is 2.91. The number of nitrogens with one attached hydrogen (secondary N) is 1. The molecule has 3 N–H and O–H groups in total. The van der Waals surface area contributed by atoms with E-state index >= 15 is 0 Å². The molecule has 0 bridgehead atoms. The van der Waals surface area contributed by atoms with Gasteiger partial charge < -0.3 is 11.1 Å². The van der Waals surface area contributed by atoms with E-state index < -0.39 is 0 Å². The van der Waals surface area contributed by atoms with Gasteiger partial charge in [-0.25, -0.2) is 0 Å². The molecule has 2 heterocycles. The third kappa shape index (κ3) is 2.61. The van der Waals surface area contributed by atoms with Crippen molar-refractivity contribution in [3.8, 4) is 0 Å². The number of hydrogen-bond acceptors (Lipinski definition) is 4. The summed E-state index contributed by atoms with van der Waals surface area (Å²) in [5.74, 6) is 0.928. The molecule has 2 aromatic rings. The van der Waals surface area contributed by atoms with E-state index in [1.165, 1.54) is 5.56 Å². The number of thiophene rings is 1. The summed E-state index contributed by atoms with van der Waals surface area (Å²) in [4.78, 5) is 0. The van der Waals surface area contributed by atoms with Gasteiger partial charge in [0.1, 0.15) is 5.82 Å². The van der Waals surface area contributed by atoms with Crippen LogP contribution >= 0.6 is 11.3 Å². The zero-order valence-electron chi connectivity index (χ0n) is 10.2. The standard InChI is InChI=1S/C12H18N4S/c1-3-10-11(13)12(16(2)15-10)14-6-4-9-5-7-17-8-9/h5,7-8,14H,3-4,6,13H2,1-2H3. The van der Waals surface area contributed by atoms with Crippen LogP contribution in [0, 0.1) is 0 Å². The highest BCUT2D eigenvalue weighted by atomic mass is 32.1. The predicted octanol–water partition coefficient (Wildman–Crippen LogP) is 2.28. The van der Waals surface area contributed by atoms with Gasteiger partial charge in [-0.1, -0.05) is 6.92 Å². The number of aromatic nitrogens is 2. The molecule has 0 atom stereocenters. The molecule has 0 aliphatic carbocycles. The van der Waals surface area contributed by atoms with Gasteiger partial charge in [-0.05, 0) is 35.2 Å². The quantitative estimate of drug-likeness (QED) is 0.856. The minimum Gasteiger partial charge on any atom is -0.394 e. The SMILES string of the molecule is CCc1nn(C)c(NCCc2ccsc2)c1N. The molecule has 0 amide bonds. The molecule has 0 saturated carbocycles. The maximum atomic E-state index is 6.03. The number of anilines is 2. The van der Waals surface area contributed by atoms with Crippen LogP contribution in [0.1, 0.15) is 18.2 Å². The van der Waals surface area contributed by atoms with Gasteiger partial charge in [0.2, 0.25) is 0 Å². The first-order chi connectivity index (χ1) is 8.22. The van der Waals surface area contributed by atoms with Gasteiger partial charge in [-0.3, -0.25) is 4.68 Å². The topological polar surface area (TPSA) is 55.9 Å². The molecule has 17 heavy (non-hydrogen) atoms. The molecule has 0 radical (unpaired) electrons. The number of rotatable bonds is 5. The molecule has 0 spiro atoms. The Morgan fingerprint density at radius 2 is 2.35 bits per heavy atom. The maximum Gasteiger partial charge on any atom is 0.147 e. The monoisotopic (exact) mass is 250 g/mol. The second kappa shape index (κ2) is 5.23. The summed E-state index contributed by atoms with van der Waals surface area (Å²) in [5.41, 5.74) is 9.13. The van der Waals surface area contributed by atoms with Crippen molar-refractivity contribution in [2.24, 2.45) is 7.05 Å². The summed E-state index contributed by atoms with van der Waals surface area (Å²) in [7, 11) is 1.92. The Balaban J connectivity index is 1.97. The first kappa shape index (κ1) is 12.0. The zero-order valence-corrected chi connectivity index (χ0v) is 11.0. The summed E-state index contributed by atoms with van der Waals surface area (Å²) < 4.78 is 1.82. The molecule has 4 nitrogen and oxygen atoms in total. The summed E-state index contributed by atoms with van der Waals surface area (Å²) in [5, 5.41) is 12.0. The highest BCUT2D eigenvalue weighted by Gasteiger charge is 2.10. The van der Waals surface area contributed by atoms with E-state index in [0.29, 0.717) is 0 Å². The fraction of sp³-hybridized carbons (Fsp3) is 0.417. The van der Waals surface area contributed by atoms with Crippen LogP contribution in [-0.4, -0.2) is 16.3 Å². The first-order valence-corrected chi connectivity index (χ1v) is 6.73. The van der Waals surface area contributed by atoms with E-state index in [0.717, 1.165) is 36.6 Å². The van der Waals surface area contributed by atoms with Crippen molar-refractivity contribution in [3.05, 3.63) is 28.1 Å². The van der Waals surface area contributed by atoms with Crippen LogP contribution < -0.4 is 11.1 Å². The fourth-order valence-electron chi connectivity index (χ4n) is 1.83.